The first-order valence-corrected chi connectivity index (χ1v) is 10.5. The fourth-order valence-electron chi connectivity index (χ4n) is 3.41. The first kappa shape index (κ1) is 22.1. The predicted octanol–water partition coefficient (Wildman–Crippen LogP) is 6.33. The van der Waals surface area contributed by atoms with Crippen molar-refractivity contribution in [1.29, 1.82) is 0 Å². The lowest BCUT2D eigenvalue weighted by Crippen LogP contribution is -2.14. The van der Waals surface area contributed by atoms with Crippen LogP contribution in [0.1, 0.15) is 49.4 Å². The Hall–Kier alpha value is -3.11. The Balaban J connectivity index is 1.67. The molecule has 1 atom stereocenters. The average Bonchev–Trinajstić information content (AvgIpc) is 3.31. The quantitative estimate of drug-likeness (QED) is 0.453. The number of fused-ring (bicyclic) bond motifs is 1. The molecule has 0 saturated heterocycles. The van der Waals surface area contributed by atoms with Crippen LogP contribution in [0.3, 0.4) is 0 Å². The van der Waals surface area contributed by atoms with Crippen LogP contribution >= 0.6 is 22.9 Å². The maximum absolute atomic E-state index is 13.3. The number of rotatable bonds is 4. The number of allylic oxidation sites excluding steroid dienone is 4. The van der Waals surface area contributed by atoms with Crippen LogP contribution in [0, 0.1) is 6.92 Å². The summed E-state index contributed by atoms with van der Waals surface area (Å²) in [5.74, 6) is -2.78. The molecule has 3 heterocycles. The summed E-state index contributed by atoms with van der Waals surface area (Å²) >= 11 is 7.07. The highest BCUT2D eigenvalue weighted by Gasteiger charge is 2.35. The van der Waals surface area contributed by atoms with Crippen molar-refractivity contribution in [3.8, 4) is 0 Å². The molecule has 2 N–H and O–H groups in total. The molecule has 3 aromatic rings. The fourth-order valence-corrected chi connectivity index (χ4v) is 4.66. The van der Waals surface area contributed by atoms with Crippen molar-refractivity contribution >= 4 is 51.6 Å². The number of pyridine rings is 1. The number of carbonyl (C=O) groups excluding carboxylic acids is 1. The van der Waals surface area contributed by atoms with Crippen LogP contribution in [0.4, 0.5) is 18.9 Å². The van der Waals surface area contributed by atoms with Crippen molar-refractivity contribution < 1.29 is 32.3 Å². The number of thiophene rings is 1. The second-order valence-corrected chi connectivity index (χ2v) is 8.42. The van der Waals surface area contributed by atoms with Gasteiger partial charge < -0.3 is 14.8 Å². The van der Waals surface area contributed by atoms with E-state index in [1.165, 1.54) is 12.3 Å². The van der Waals surface area contributed by atoms with Crippen LogP contribution in [0.25, 0.3) is 11.1 Å². The van der Waals surface area contributed by atoms with Gasteiger partial charge in [0.1, 0.15) is 0 Å². The lowest BCUT2D eigenvalue weighted by atomic mass is 9.96. The maximum atomic E-state index is 13.3. The first-order chi connectivity index (χ1) is 15.0. The third-order valence-corrected chi connectivity index (χ3v) is 6.23. The number of furan rings is 1. The number of nitrogens with one attached hydrogen (secondary N) is 1. The minimum absolute atomic E-state index is 0.0252. The number of halogens is 4. The van der Waals surface area contributed by atoms with E-state index in [0.717, 1.165) is 23.5 Å². The third kappa shape index (κ3) is 4.15. The summed E-state index contributed by atoms with van der Waals surface area (Å²) in [6.45, 7) is 1.38. The number of carboxylic acid groups (broad SMARTS) is 1. The lowest BCUT2D eigenvalue weighted by Gasteiger charge is -2.14. The van der Waals surface area contributed by atoms with Crippen LogP contribution < -0.4 is 5.32 Å². The summed E-state index contributed by atoms with van der Waals surface area (Å²) in [6, 6.07) is 1.82. The van der Waals surface area contributed by atoms with Crippen molar-refractivity contribution in [2.75, 3.05) is 5.32 Å². The van der Waals surface area contributed by atoms with Crippen molar-refractivity contribution in [3.05, 3.63) is 68.2 Å². The molecular formula is C21H14ClF3N2O4S. The SMILES string of the molecule is Cc1cc(C(F)(F)F)c2cc(C(=O)Nc3csc(C4C=CC(Cl)=CC4)c3C(=O)O)oc2n1. The normalized spacial score (nSPS) is 16.3. The largest absolute Gasteiger partial charge is 0.478 e. The number of alkyl halides is 3. The molecule has 0 fully saturated rings. The minimum atomic E-state index is -4.66. The predicted molar refractivity (Wildman–Crippen MR) is 113 cm³/mol. The van der Waals surface area contributed by atoms with E-state index >= 15 is 0 Å². The lowest BCUT2D eigenvalue weighted by molar-refractivity contribution is -0.136. The summed E-state index contributed by atoms with van der Waals surface area (Å²) in [6.07, 6.45) is 1.04. The number of aromatic carboxylic acids is 1. The fraction of sp³-hybridized carbons (Fsp3) is 0.190. The standard InChI is InChI=1S/C21H14ClF3N2O4S/c1-9-6-13(21(23,24)25)12-7-15(31-19(12)26-9)18(28)27-14-8-32-17(16(14)20(29)30)10-2-4-11(22)5-3-10/h2,4-8,10H,3H2,1H3,(H,27,28)(H,29,30). The number of aromatic nitrogens is 1. The van der Waals surface area contributed by atoms with E-state index in [1.807, 2.05) is 0 Å². The van der Waals surface area contributed by atoms with Gasteiger partial charge in [-0.2, -0.15) is 13.2 Å². The summed E-state index contributed by atoms with van der Waals surface area (Å²) in [5.41, 5.74) is -1.29. The molecule has 6 nitrogen and oxygen atoms in total. The highest BCUT2D eigenvalue weighted by Crippen LogP contribution is 2.39. The molecule has 0 bridgehead atoms. The Morgan fingerprint density at radius 3 is 2.72 bits per heavy atom. The van der Waals surface area contributed by atoms with Crippen molar-refractivity contribution in [1.82, 2.24) is 4.98 Å². The zero-order chi connectivity index (χ0) is 23.2. The molecule has 0 spiro atoms. The van der Waals surface area contributed by atoms with Gasteiger partial charge in [0, 0.05) is 26.9 Å². The maximum Gasteiger partial charge on any atom is 0.417 e. The molecule has 1 aliphatic rings. The molecule has 1 amide bonds. The van der Waals surface area contributed by atoms with E-state index in [4.69, 9.17) is 16.0 Å². The number of amides is 1. The minimum Gasteiger partial charge on any atom is -0.478 e. The number of carboxylic acids is 1. The molecule has 0 radical (unpaired) electrons. The Morgan fingerprint density at radius 2 is 2.09 bits per heavy atom. The van der Waals surface area contributed by atoms with Gasteiger partial charge >= 0.3 is 12.1 Å². The second-order valence-electron chi connectivity index (χ2n) is 7.08. The summed E-state index contributed by atoms with van der Waals surface area (Å²) in [4.78, 5) is 29.0. The summed E-state index contributed by atoms with van der Waals surface area (Å²) in [7, 11) is 0. The van der Waals surface area contributed by atoms with E-state index in [1.54, 1.807) is 18.2 Å². The van der Waals surface area contributed by atoms with Crippen molar-refractivity contribution in [2.45, 2.75) is 25.4 Å². The van der Waals surface area contributed by atoms with E-state index < -0.39 is 29.4 Å². The molecule has 11 heteroatoms. The van der Waals surface area contributed by atoms with Crippen LogP contribution in [-0.4, -0.2) is 22.0 Å². The molecule has 0 saturated carbocycles. The molecule has 1 aliphatic carbocycles. The highest BCUT2D eigenvalue weighted by molar-refractivity contribution is 7.11. The number of nitrogens with zero attached hydrogens (tertiary/aromatic N) is 1. The monoisotopic (exact) mass is 482 g/mol. The zero-order valence-electron chi connectivity index (χ0n) is 16.3. The van der Waals surface area contributed by atoms with E-state index in [9.17, 15) is 27.9 Å². The van der Waals surface area contributed by atoms with Gasteiger partial charge in [-0.3, -0.25) is 4.79 Å². The molecule has 1 unspecified atom stereocenters. The molecule has 32 heavy (non-hydrogen) atoms. The smallest absolute Gasteiger partial charge is 0.417 e. The molecule has 3 aromatic heterocycles. The Labute approximate surface area is 188 Å². The molecule has 0 aliphatic heterocycles. The molecular weight excluding hydrogens is 469 g/mol. The second kappa shape index (κ2) is 8.10. The van der Waals surface area contributed by atoms with Crippen LogP contribution in [0.2, 0.25) is 0 Å². The van der Waals surface area contributed by atoms with Gasteiger partial charge in [0.15, 0.2) is 5.76 Å². The van der Waals surface area contributed by atoms with Crippen molar-refractivity contribution in [2.24, 2.45) is 0 Å². The van der Waals surface area contributed by atoms with E-state index in [2.05, 4.69) is 10.3 Å². The van der Waals surface area contributed by atoms with Gasteiger partial charge in [0.2, 0.25) is 5.71 Å². The van der Waals surface area contributed by atoms with Crippen LogP contribution in [0.5, 0.6) is 0 Å². The Bertz CT molecular complexity index is 1310. The Morgan fingerprint density at radius 1 is 1.34 bits per heavy atom. The zero-order valence-corrected chi connectivity index (χ0v) is 17.9. The van der Waals surface area contributed by atoms with Gasteiger partial charge in [0.25, 0.3) is 5.91 Å². The summed E-state index contributed by atoms with van der Waals surface area (Å²) in [5, 5.41) is 13.8. The first-order valence-electron chi connectivity index (χ1n) is 9.23. The number of hydrogen-bond acceptors (Lipinski definition) is 5. The van der Waals surface area contributed by atoms with Crippen LogP contribution in [0.15, 0.2) is 45.2 Å². The van der Waals surface area contributed by atoms with E-state index in [-0.39, 0.29) is 34.0 Å². The van der Waals surface area contributed by atoms with Gasteiger partial charge in [-0.05, 0) is 31.6 Å². The number of anilines is 1. The number of carbonyl (C=O) groups is 2. The van der Waals surface area contributed by atoms with E-state index in [0.29, 0.717) is 16.3 Å². The topological polar surface area (TPSA) is 92.4 Å². The average molecular weight is 483 g/mol. The molecule has 0 aromatic carbocycles. The summed E-state index contributed by atoms with van der Waals surface area (Å²) < 4.78 is 45.3. The Kier molecular flexibility index (Phi) is 5.59. The van der Waals surface area contributed by atoms with Gasteiger partial charge in [-0.1, -0.05) is 23.8 Å². The number of aryl methyl sites for hydroxylation is 1. The third-order valence-electron chi connectivity index (χ3n) is 4.84. The highest BCUT2D eigenvalue weighted by atomic mass is 35.5. The van der Waals surface area contributed by atoms with Crippen LogP contribution in [-0.2, 0) is 6.18 Å². The number of hydrogen-bond donors (Lipinski definition) is 2. The van der Waals surface area contributed by atoms with Gasteiger partial charge in [0.05, 0.1) is 22.2 Å². The molecule has 4 rings (SSSR count). The van der Waals surface area contributed by atoms with Gasteiger partial charge in [-0.25, -0.2) is 9.78 Å². The van der Waals surface area contributed by atoms with Gasteiger partial charge in [-0.15, -0.1) is 11.3 Å². The van der Waals surface area contributed by atoms with Crippen molar-refractivity contribution in [3.63, 3.8) is 0 Å². The molecule has 166 valence electrons.